The molecule has 5 nitrogen and oxygen atoms in total. The zero-order chi connectivity index (χ0) is 14.8. The molecule has 0 saturated carbocycles. The number of likely N-dealkylation sites (tertiary alicyclic amines) is 1. The summed E-state index contributed by atoms with van der Waals surface area (Å²) in [6, 6.07) is 7.95. The van der Waals surface area contributed by atoms with Crippen LogP contribution in [0.2, 0.25) is 0 Å². The number of piperidine rings is 1. The van der Waals surface area contributed by atoms with E-state index in [4.69, 9.17) is 0 Å². The minimum Gasteiger partial charge on any atom is -0.340 e. The molecule has 0 spiro atoms. The lowest BCUT2D eigenvalue weighted by atomic mass is 10.1. The number of carbonyl (C=O) groups is 2. The summed E-state index contributed by atoms with van der Waals surface area (Å²) in [7, 11) is 1.93. The number of rotatable bonds is 3. The lowest BCUT2D eigenvalue weighted by Gasteiger charge is -2.33. The Labute approximate surface area is 124 Å². The highest BCUT2D eigenvalue weighted by Gasteiger charge is 2.30. The monoisotopic (exact) mass is 287 g/mol. The number of nitrogens with zero attached hydrogens (tertiary/aromatic N) is 2. The molecule has 1 saturated heterocycles. The zero-order valence-electron chi connectivity index (χ0n) is 12.3. The summed E-state index contributed by atoms with van der Waals surface area (Å²) in [5.74, 6) is 0.0252. The van der Waals surface area contributed by atoms with Gasteiger partial charge in [0.2, 0.25) is 5.91 Å². The Bertz CT molecular complexity index is 558. The van der Waals surface area contributed by atoms with Crippen LogP contribution in [0.5, 0.6) is 0 Å². The normalized spacial score (nSPS) is 21.6. The van der Waals surface area contributed by atoms with Crippen LogP contribution in [-0.4, -0.2) is 54.3 Å². The molecule has 2 heterocycles. The number of carbonyl (C=O) groups excluding carboxylic acids is 2. The van der Waals surface area contributed by atoms with Crippen LogP contribution in [0.15, 0.2) is 24.3 Å². The first-order chi connectivity index (χ1) is 10.2. The van der Waals surface area contributed by atoms with Crippen molar-refractivity contribution in [1.29, 1.82) is 0 Å². The summed E-state index contributed by atoms with van der Waals surface area (Å²) in [4.78, 5) is 28.2. The Morgan fingerprint density at radius 2 is 2.19 bits per heavy atom. The minimum atomic E-state index is -0.0267. The van der Waals surface area contributed by atoms with Crippen LogP contribution < -0.4 is 5.32 Å². The van der Waals surface area contributed by atoms with Crippen molar-refractivity contribution in [3.05, 3.63) is 35.4 Å². The maximum Gasteiger partial charge on any atom is 0.254 e. The molecule has 2 aliphatic rings. The summed E-state index contributed by atoms with van der Waals surface area (Å²) in [5, 5.41) is 3.23. The minimum absolute atomic E-state index is 0.0267. The van der Waals surface area contributed by atoms with Crippen LogP contribution in [0, 0.1) is 0 Å². The van der Waals surface area contributed by atoms with Gasteiger partial charge in [0.25, 0.3) is 5.91 Å². The summed E-state index contributed by atoms with van der Waals surface area (Å²) in [6.07, 6.45) is 2.12. The second-order valence-electron chi connectivity index (χ2n) is 5.79. The van der Waals surface area contributed by atoms with E-state index in [-0.39, 0.29) is 18.4 Å². The number of likely N-dealkylation sites (N-methyl/N-ethyl adjacent to an activating group) is 1. The highest BCUT2D eigenvalue weighted by Crippen LogP contribution is 2.22. The summed E-state index contributed by atoms with van der Waals surface area (Å²) < 4.78 is 0. The molecule has 1 aromatic rings. The lowest BCUT2D eigenvalue weighted by molar-refractivity contribution is -0.133. The molecule has 5 heteroatoms. The Hall–Kier alpha value is -1.88. The first kappa shape index (κ1) is 14.1. The van der Waals surface area contributed by atoms with Crippen molar-refractivity contribution in [2.75, 3.05) is 26.7 Å². The second kappa shape index (κ2) is 5.85. The first-order valence-electron chi connectivity index (χ1n) is 7.51. The molecule has 0 aromatic heterocycles. The number of hydrogen-bond donors (Lipinski definition) is 1. The van der Waals surface area contributed by atoms with Gasteiger partial charge in [-0.25, -0.2) is 0 Å². The predicted molar refractivity (Wildman–Crippen MR) is 79.8 cm³/mol. The van der Waals surface area contributed by atoms with Crippen LogP contribution in [0.4, 0.5) is 0 Å². The van der Waals surface area contributed by atoms with Gasteiger partial charge in [-0.05, 0) is 31.5 Å². The standard InChI is InChI=1S/C16H21N3O2/c1-17-13-6-4-8-18(10-13)15(20)11-19-9-12-5-2-3-7-14(12)16(19)21/h2-3,5,7,13,17H,4,6,8-11H2,1H3. The van der Waals surface area contributed by atoms with Crippen LogP contribution >= 0.6 is 0 Å². The van der Waals surface area contributed by atoms with E-state index in [1.54, 1.807) is 4.90 Å². The van der Waals surface area contributed by atoms with Crippen molar-refractivity contribution >= 4 is 11.8 Å². The maximum absolute atomic E-state index is 12.4. The van der Waals surface area contributed by atoms with Gasteiger partial charge in [-0.2, -0.15) is 0 Å². The van der Waals surface area contributed by atoms with Gasteiger partial charge in [-0.3, -0.25) is 9.59 Å². The first-order valence-corrected chi connectivity index (χ1v) is 7.51. The lowest BCUT2D eigenvalue weighted by Crippen LogP contribution is -2.49. The van der Waals surface area contributed by atoms with Gasteiger partial charge in [-0.15, -0.1) is 0 Å². The Morgan fingerprint density at radius 3 is 2.95 bits per heavy atom. The number of hydrogen-bond acceptors (Lipinski definition) is 3. The molecule has 2 amide bonds. The molecule has 1 N–H and O–H groups in total. The van der Waals surface area contributed by atoms with E-state index in [1.165, 1.54) is 0 Å². The molecule has 1 aromatic carbocycles. The van der Waals surface area contributed by atoms with Gasteiger partial charge >= 0.3 is 0 Å². The summed E-state index contributed by atoms with van der Waals surface area (Å²) >= 11 is 0. The van der Waals surface area contributed by atoms with E-state index >= 15 is 0 Å². The van der Waals surface area contributed by atoms with Gasteiger partial charge in [0.15, 0.2) is 0 Å². The number of benzene rings is 1. The van der Waals surface area contributed by atoms with Gasteiger partial charge < -0.3 is 15.1 Å². The molecule has 3 rings (SSSR count). The van der Waals surface area contributed by atoms with E-state index in [1.807, 2.05) is 36.2 Å². The summed E-state index contributed by atoms with van der Waals surface area (Å²) in [5.41, 5.74) is 1.75. The highest BCUT2D eigenvalue weighted by atomic mass is 16.2. The van der Waals surface area contributed by atoms with E-state index in [0.717, 1.165) is 37.1 Å². The van der Waals surface area contributed by atoms with Gasteiger partial charge in [0.1, 0.15) is 6.54 Å². The second-order valence-corrected chi connectivity index (χ2v) is 5.79. The number of fused-ring (bicyclic) bond motifs is 1. The Morgan fingerprint density at radius 1 is 1.38 bits per heavy atom. The van der Waals surface area contributed by atoms with Gasteiger partial charge in [0.05, 0.1) is 0 Å². The molecule has 112 valence electrons. The smallest absolute Gasteiger partial charge is 0.254 e. The molecule has 0 bridgehead atoms. The zero-order valence-corrected chi connectivity index (χ0v) is 12.3. The van der Waals surface area contributed by atoms with E-state index in [9.17, 15) is 9.59 Å². The summed E-state index contributed by atoms with van der Waals surface area (Å²) in [6.45, 7) is 2.27. The predicted octanol–water partition coefficient (Wildman–Crippen LogP) is 0.853. The third kappa shape index (κ3) is 2.78. The van der Waals surface area contributed by atoms with E-state index in [0.29, 0.717) is 12.6 Å². The fourth-order valence-electron chi connectivity index (χ4n) is 3.14. The molecule has 2 aliphatic heterocycles. The van der Waals surface area contributed by atoms with E-state index < -0.39 is 0 Å². The van der Waals surface area contributed by atoms with Crippen LogP contribution in [0.3, 0.4) is 0 Å². The van der Waals surface area contributed by atoms with Gasteiger partial charge in [0, 0.05) is 31.2 Å². The molecule has 0 radical (unpaired) electrons. The van der Waals surface area contributed by atoms with Crippen LogP contribution in [-0.2, 0) is 11.3 Å². The maximum atomic E-state index is 12.4. The molecule has 1 unspecified atom stereocenters. The van der Waals surface area contributed by atoms with Crippen LogP contribution in [0.1, 0.15) is 28.8 Å². The van der Waals surface area contributed by atoms with E-state index in [2.05, 4.69) is 5.32 Å². The van der Waals surface area contributed by atoms with Crippen molar-refractivity contribution < 1.29 is 9.59 Å². The van der Waals surface area contributed by atoms with Crippen molar-refractivity contribution in [3.63, 3.8) is 0 Å². The third-order valence-electron chi connectivity index (χ3n) is 4.40. The quantitative estimate of drug-likeness (QED) is 0.897. The third-order valence-corrected chi connectivity index (χ3v) is 4.40. The van der Waals surface area contributed by atoms with Crippen LogP contribution in [0.25, 0.3) is 0 Å². The topological polar surface area (TPSA) is 52.7 Å². The largest absolute Gasteiger partial charge is 0.340 e. The average molecular weight is 287 g/mol. The molecular formula is C16H21N3O2. The molecule has 1 fully saturated rings. The molecule has 0 aliphatic carbocycles. The van der Waals surface area contributed by atoms with Gasteiger partial charge in [-0.1, -0.05) is 18.2 Å². The molecular weight excluding hydrogens is 266 g/mol. The number of nitrogens with one attached hydrogen (secondary N) is 1. The fraction of sp³-hybridized carbons (Fsp3) is 0.500. The highest BCUT2D eigenvalue weighted by molar-refractivity contribution is 6.00. The molecule has 1 atom stereocenters. The SMILES string of the molecule is CNC1CCCN(C(=O)CN2Cc3ccccc3C2=O)C1. The Balaban J connectivity index is 1.63. The van der Waals surface area contributed by atoms with Crippen molar-refractivity contribution in [1.82, 2.24) is 15.1 Å². The molecule has 21 heavy (non-hydrogen) atoms. The Kier molecular flexibility index (Phi) is 3.92. The van der Waals surface area contributed by atoms with Crippen molar-refractivity contribution in [2.24, 2.45) is 0 Å². The number of amides is 2. The van der Waals surface area contributed by atoms with Crippen molar-refractivity contribution in [3.8, 4) is 0 Å². The van der Waals surface area contributed by atoms with Crippen molar-refractivity contribution in [2.45, 2.75) is 25.4 Å². The fourth-order valence-corrected chi connectivity index (χ4v) is 3.14. The average Bonchev–Trinajstić information content (AvgIpc) is 2.84.